The third-order valence-corrected chi connectivity index (χ3v) is 4.30. The van der Waals surface area contributed by atoms with E-state index in [9.17, 15) is 9.59 Å². The summed E-state index contributed by atoms with van der Waals surface area (Å²) in [6, 6.07) is 14.2. The highest BCUT2D eigenvalue weighted by molar-refractivity contribution is 8.00. The zero-order chi connectivity index (χ0) is 15.9. The summed E-state index contributed by atoms with van der Waals surface area (Å²) in [6.07, 6.45) is 0. The van der Waals surface area contributed by atoms with Gasteiger partial charge in [-0.3, -0.25) is 20.4 Å². The first-order valence-corrected chi connectivity index (χ1v) is 7.96. The molecular weight excluding hydrogens is 320 g/mol. The van der Waals surface area contributed by atoms with Gasteiger partial charge in [0.05, 0.1) is 5.75 Å². The summed E-state index contributed by atoms with van der Waals surface area (Å²) in [5.41, 5.74) is 6.31. The van der Waals surface area contributed by atoms with Gasteiger partial charge in [-0.25, -0.2) is 0 Å². The summed E-state index contributed by atoms with van der Waals surface area (Å²) in [5, 5.41) is 0.551. The average molecular weight is 335 g/mol. The van der Waals surface area contributed by atoms with Crippen molar-refractivity contribution in [1.82, 2.24) is 10.9 Å². The fourth-order valence-corrected chi connectivity index (χ4v) is 2.65. The van der Waals surface area contributed by atoms with Crippen LogP contribution in [0.3, 0.4) is 0 Å². The van der Waals surface area contributed by atoms with Gasteiger partial charge in [-0.15, -0.1) is 11.8 Å². The van der Waals surface area contributed by atoms with E-state index < -0.39 is 0 Å². The van der Waals surface area contributed by atoms with Gasteiger partial charge in [0.1, 0.15) is 0 Å². The molecule has 0 aliphatic rings. The van der Waals surface area contributed by atoms with E-state index >= 15 is 0 Å². The molecule has 0 spiro atoms. The van der Waals surface area contributed by atoms with Gasteiger partial charge < -0.3 is 0 Å². The first-order valence-electron chi connectivity index (χ1n) is 6.59. The number of carbonyl (C=O) groups is 2. The number of hydrazine groups is 1. The number of aryl methyl sites for hydroxylation is 1. The van der Waals surface area contributed by atoms with Gasteiger partial charge in [-0.2, -0.15) is 0 Å². The van der Waals surface area contributed by atoms with Crippen LogP contribution in [0.4, 0.5) is 0 Å². The van der Waals surface area contributed by atoms with E-state index in [1.807, 2.05) is 31.2 Å². The normalized spacial score (nSPS) is 10.1. The maximum Gasteiger partial charge on any atom is 0.269 e. The molecule has 0 unspecified atom stereocenters. The zero-order valence-electron chi connectivity index (χ0n) is 11.9. The highest BCUT2D eigenvalue weighted by Crippen LogP contribution is 2.21. The zero-order valence-corrected chi connectivity index (χ0v) is 13.5. The van der Waals surface area contributed by atoms with Crippen LogP contribution in [0.15, 0.2) is 53.4 Å². The predicted molar refractivity (Wildman–Crippen MR) is 89.0 cm³/mol. The first kappa shape index (κ1) is 16.4. The molecule has 2 aromatic rings. The molecule has 22 heavy (non-hydrogen) atoms. The number of nitrogens with one attached hydrogen (secondary N) is 2. The SMILES string of the molecule is Cc1ccccc1SCC(=O)NNC(=O)c1ccc(Cl)cc1. The molecule has 0 aliphatic carbocycles. The molecule has 0 aliphatic heterocycles. The molecule has 0 saturated heterocycles. The van der Waals surface area contributed by atoms with Crippen molar-refractivity contribution < 1.29 is 9.59 Å². The number of hydrogen-bond donors (Lipinski definition) is 2. The minimum Gasteiger partial charge on any atom is -0.272 e. The van der Waals surface area contributed by atoms with E-state index in [0.29, 0.717) is 10.6 Å². The van der Waals surface area contributed by atoms with E-state index in [0.717, 1.165) is 10.5 Å². The van der Waals surface area contributed by atoms with Crippen molar-refractivity contribution in [3.8, 4) is 0 Å². The summed E-state index contributed by atoms with van der Waals surface area (Å²) >= 11 is 7.18. The fraction of sp³-hybridized carbons (Fsp3) is 0.125. The Morgan fingerprint density at radius 2 is 1.73 bits per heavy atom. The maximum atomic E-state index is 11.8. The molecule has 0 saturated carbocycles. The lowest BCUT2D eigenvalue weighted by molar-refractivity contribution is -0.119. The Bertz CT molecular complexity index is 674. The van der Waals surface area contributed by atoms with E-state index in [4.69, 9.17) is 11.6 Å². The van der Waals surface area contributed by atoms with Gasteiger partial charge in [0.15, 0.2) is 0 Å². The Morgan fingerprint density at radius 1 is 1.05 bits per heavy atom. The van der Waals surface area contributed by atoms with Gasteiger partial charge in [0, 0.05) is 15.5 Å². The average Bonchev–Trinajstić information content (AvgIpc) is 2.52. The van der Waals surface area contributed by atoms with Crippen LogP contribution >= 0.6 is 23.4 Å². The number of thioether (sulfide) groups is 1. The van der Waals surface area contributed by atoms with Gasteiger partial charge in [-0.1, -0.05) is 29.8 Å². The Morgan fingerprint density at radius 3 is 2.41 bits per heavy atom. The number of carbonyl (C=O) groups excluding carboxylic acids is 2. The van der Waals surface area contributed by atoms with Crippen molar-refractivity contribution in [2.75, 3.05) is 5.75 Å². The van der Waals surface area contributed by atoms with Crippen LogP contribution < -0.4 is 10.9 Å². The van der Waals surface area contributed by atoms with Crippen molar-refractivity contribution in [1.29, 1.82) is 0 Å². The Hall–Kier alpha value is -1.98. The van der Waals surface area contributed by atoms with E-state index in [2.05, 4.69) is 10.9 Å². The minimum absolute atomic E-state index is 0.228. The number of rotatable bonds is 4. The largest absolute Gasteiger partial charge is 0.272 e. The fourth-order valence-electron chi connectivity index (χ4n) is 1.70. The lowest BCUT2D eigenvalue weighted by Gasteiger charge is -2.08. The van der Waals surface area contributed by atoms with E-state index in [-0.39, 0.29) is 17.6 Å². The molecule has 2 rings (SSSR count). The molecule has 0 atom stereocenters. The second kappa shape index (κ2) is 7.87. The lowest BCUT2D eigenvalue weighted by Crippen LogP contribution is -2.42. The molecule has 6 heteroatoms. The van der Waals surface area contributed by atoms with Gasteiger partial charge in [0.25, 0.3) is 5.91 Å². The second-order valence-corrected chi connectivity index (χ2v) is 6.02. The van der Waals surface area contributed by atoms with Crippen molar-refractivity contribution >= 4 is 35.2 Å². The molecule has 0 fully saturated rings. The van der Waals surface area contributed by atoms with Crippen LogP contribution in [0, 0.1) is 6.92 Å². The topological polar surface area (TPSA) is 58.2 Å². The van der Waals surface area contributed by atoms with Crippen molar-refractivity contribution in [2.24, 2.45) is 0 Å². The quantitative estimate of drug-likeness (QED) is 0.667. The molecule has 0 heterocycles. The Balaban J connectivity index is 1.79. The van der Waals surface area contributed by atoms with E-state index in [1.54, 1.807) is 24.3 Å². The molecule has 2 aromatic carbocycles. The standard InChI is InChI=1S/C16H15ClN2O2S/c1-11-4-2-3-5-14(11)22-10-15(20)18-19-16(21)12-6-8-13(17)9-7-12/h2-9H,10H2,1H3,(H,18,20)(H,19,21). The first-order chi connectivity index (χ1) is 10.6. The number of hydrogen-bond acceptors (Lipinski definition) is 3. The van der Waals surface area contributed by atoms with Crippen LogP contribution in [0.5, 0.6) is 0 Å². The highest BCUT2D eigenvalue weighted by atomic mass is 35.5. The summed E-state index contributed by atoms with van der Waals surface area (Å²) in [4.78, 5) is 24.6. The predicted octanol–water partition coefficient (Wildman–Crippen LogP) is 3.20. The van der Waals surface area contributed by atoms with Crippen LogP contribution in [0.1, 0.15) is 15.9 Å². The van der Waals surface area contributed by atoms with Crippen LogP contribution in [0.25, 0.3) is 0 Å². The molecule has 0 aromatic heterocycles. The summed E-state index contributed by atoms with van der Waals surface area (Å²) in [6.45, 7) is 1.99. The lowest BCUT2D eigenvalue weighted by atomic mass is 10.2. The Labute approximate surface area is 138 Å². The smallest absolute Gasteiger partial charge is 0.269 e. The molecule has 114 valence electrons. The van der Waals surface area contributed by atoms with Gasteiger partial charge in [-0.05, 0) is 42.8 Å². The monoisotopic (exact) mass is 334 g/mol. The second-order valence-electron chi connectivity index (χ2n) is 4.56. The molecular formula is C16H15ClN2O2S. The molecule has 4 nitrogen and oxygen atoms in total. The summed E-state index contributed by atoms with van der Waals surface area (Å²) in [7, 11) is 0. The van der Waals surface area contributed by atoms with Gasteiger partial charge >= 0.3 is 0 Å². The molecule has 2 N–H and O–H groups in total. The van der Waals surface area contributed by atoms with Gasteiger partial charge in [0.2, 0.25) is 5.91 Å². The van der Waals surface area contributed by atoms with Crippen LogP contribution in [0.2, 0.25) is 5.02 Å². The van der Waals surface area contributed by atoms with Crippen LogP contribution in [-0.2, 0) is 4.79 Å². The summed E-state index contributed by atoms with van der Waals surface area (Å²) in [5.74, 6) is -0.423. The third-order valence-electron chi connectivity index (χ3n) is 2.87. The van der Waals surface area contributed by atoms with Crippen molar-refractivity contribution in [3.63, 3.8) is 0 Å². The number of benzene rings is 2. The highest BCUT2D eigenvalue weighted by Gasteiger charge is 2.08. The van der Waals surface area contributed by atoms with E-state index in [1.165, 1.54) is 11.8 Å². The third kappa shape index (κ3) is 4.79. The Kier molecular flexibility index (Phi) is 5.86. The molecule has 0 bridgehead atoms. The molecule has 2 amide bonds. The van der Waals surface area contributed by atoms with Crippen LogP contribution in [-0.4, -0.2) is 17.6 Å². The number of amides is 2. The maximum absolute atomic E-state index is 11.8. The molecule has 0 radical (unpaired) electrons. The van der Waals surface area contributed by atoms with Crippen molar-refractivity contribution in [2.45, 2.75) is 11.8 Å². The summed E-state index contributed by atoms with van der Waals surface area (Å²) < 4.78 is 0. The van der Waals surface area contributed by atoms with Crippen molar-refractivity contribution in [3.05, 3.63) is 64.7 Å². The minimum atomic E-state index is -0.383. The number of halogens is 1.